The van der Waals surface area contributed by atoms with Crippen LogP contribution in [0.2, 0.25) is 0 Å². The van der Waals surface area contributed by atoms with Gasteiger partial charge in [0.05, 0.1) is 18.3 Å². The van der Waals surface area contributed by atoms with Crippen LogP contribution in [0.1, 0.15) is 44.4 Å². The van der Waals surface area contributed by atoms with Crippen molar-refractivity contribution in [1.82, 2.24) is 9.88 Å². The Kier molecular flexibility index (Phi) is 5.87. The van der Waals surface area contributed by atoms with Crippen molar-refractivity contribution in [2.75, 3.05) is 13.7 Å². The van der Waals surface area contributed by atoms with Crippen molar-refractivity contribution in [2.45, 2.75) is 45.6 Å². The minimum atomic E-state index is -0.129. The molecule has 1 atom stereocenters. The lowest BCUT2D eigenvalue weighted by Crippen LogP contribution is -2.42. The molecular weight excluding hydrogens is 344 g/mol. The van der Waals surface area contributed by atoms with Crippen LogP contribution in [-0.2, 0) is 6.42 Å². The molecule has 5 heteroatoms. The second-order valence-corrected chi connectivity index (χ2v) is 7.23. The Morgan fingerprint density at radius 1 is 1.38 bits per heavy atom. The molecular formula is C21H26N2O2S. The first-order chi connectivity index (χ1) is 12.5. The van der Waals surface area contributed by atoms with Crippen molar-refractivity contribution < 1.29 is 9.53 Å². The van der Waals surface area contributed by atoms with Crippen LogP contribution in [-0.4, -0.2) is 34.8 Å². The Hall–Kier alpha value is -2.01. The topological polar surface area (TPSA) is 42.4 Å². The van der Waals surface area contributed by atoms with Crippen LogP contribution in [0.25, 0.3) is 16.5 Å². The molecule has 26 heavy (non-hydrogen) atoms. The first kappa shape index (κ1) is 18.8. The number of thiol groups is 1. The molecule has 1 unspecified atom stereocenters. The summed E-state index contributed by atoms with van der Waals surface area (Å²) < 4.78 is 5.41. The Morgan fingerprint density at radius 3 is 2.88 bits per heavy atom. The number of rotatable bonds is 4. The van der Waals surface area contributed by atoms with Crippen LogP contribution in [0.5, 0.6) is 5.75 Å². The lowest BCUT2D eigenvalue weighted by Gasteiger charge is -2.35. The summed E-state index contributed by atoms with van der Waals surface area (Å²) in [7, 11) is 1.68. The zero-order chi connectivity index (χ0) is 18.7. The van der Waals surface area contributed by atoms with Crippen LogP contribution in [0, 0.1) is 0 Å². The second-order valence-electron chi connectivity index (χ2n) is 6.85. The molecule has 2 heterocycles. The molecule has 1 aromatic heterocycles. The van der Waals surface area contributed by atoms with E-state index < -0.39 is 0 Å². The first-order valence-corrected chi connectivity index (χ1v) is 9.58. The molecule has 0 N–H and O–H groups in total. The van der Waals surface area contributed by atoms with Gasteiger partial charge in [-0.05, 0) is 74.9 Å². The molecule has 1 fully saturated rings. The van der Waals surface area contributed by atoms with E-state index in [0.717, 1.165) is 60.1 Å². The average molecular weight is 371 g/mol. The number of carbonyl (C=O) groups is 1. The maximum absolute atomic E-state index is 11.9. The molecule has 1 aliphatic rings. The van der Waals surface area contributed by atoms with Gasteiger partial charge in [0.25, 0.3) is 5.24 Å². The molecule has 0 aliphatic carbocycles. The molecule has 4 nitrogen and oxygen atoms in total. The highest BCUT2D eigenvalue weighted by molar-refractivity contribution is 7.96. The first-order valence-electron chi connectivity index (χ1n) is 9.14. The smallest absolute Gasteiger partial charge is 0.278 e. The molecule has 0 radical (unpaired) electrons. The van der Waals surface area contributed by atoms with Gasteiger partial charge in [0.15, 0.2) is 0 Å². The van der Waals surface area contributed by atoms with Gasteiger partial charge in [0.2, 0.25) is 0 Å². The summed E-state index contributed by atoms with van der Waals surface area (Å²) >= 11 is 4.09. The number of nitrogens with zero attached hydrogens (tertiary/aromatic N) is 2. The van der Waals surface area contributed by atoms with E-state index in [1.54, 1.807) is 7.11 Å². The van der Waals surface area contributed by atoms with Crippen LogP contribution < -0.4 is 4.74 Å². The van der Waals surface area contributed by atoms with Gasteiger partial charge in [-0.15, -0.1) is 0 Å². The van der Waals surface area contributed by atoms with Crippen LogP contribution in [0.3, 0.4) is 0 Å². The fourth-order valence-electron chi connectivity index (χ4n) is 3.64. The number of pyridine rings is 1. The van der Waals surface area contributed by atoms with E-state index in [9.17, 15) is 4.79 Å². The predicted molar refractivity (Wildman–Crippen MR) is 110 cm³/mol. The van der Waals surface area contributed by atoms with Gasteiger partial charge in [0.1, 0.15) is 5.75 Å². The SMILES string of the molecule is CC=C(C)c1cc(CC2CCCCN2C(=O)S)c2cc(OC)ccc2n1. The third-order valence-corrected chi connectivity index (χ3v) is 5.52. The number of ether oxygens (including phenoxy) is 1. The summed E-state index contributed by atoms with van der Waals surface area (Å²) in [5.41, 5.74) is 4.30. The molecule has 0 saturated carbocycles. The number of likely N-dealkylation sites (tertiary alicyclic amines) is 1. The number of methoxy groups -OCH3 is 1. The van der Waals surface area contributed by atoms with E-state index in [0.29, 0.717) is 0 Å². The number of fused-ring (bicyclic) bond motifs is 1. The van der Waals surface area contributed by atoms with Gasteiger partial charge in [-0.2, -0.15) is 0 Å². The highest BCUT2D eigenvalue weighted by atomic mass is 32.1. The van der Waals surface area contributed by atoms with Crippen molar-refractivity contribution >= 4 is 34.3 Å². The molecule has 1 aliphatic heterocycles. The summed E-state index contributed by atoms with van der Waals surface area (Å²) in [5, 5.41) is 0.963. The van der Waals surface area contributed by atoms with E-state index in [1.807, 2.05) is 30.0 Å². The molecule has 2 aromatic rings. The number of allylic oxidation sites excluding steroid dienone is 2. The monoisotopic (exact) mass is 370 g/mol. The van der Waals surface area contributed by atoms with Crippen LogP contribution in [0.15, 0.2) is 30.3 Å². The van der Waals surface area contributed by atoms with Crippen LogP contribution in [0.4, 0.5) is 4.79 Å². The summed E-state index contributed by atoms with van der Waals surface area (Å²) in [4.78, 5) is 18.6. The number of carbonyl (C=O) groups excluding carboxylic acids is 1. The van der Waals surface area contributed by atoms with E-state index in [2.05, 4.69) is 31.7 Å². The number of benzene rings is 1. The standard InChI is InChI=1S/C21H26N2O2S/c1-4-14(2)20-12-15(11-16-7-5-6-10-23(16)21(24)26)18-13-17(25-3)8-9-19(18)22-20/h4,8-9,12-13,16H,5-7,10-11H2,1-3H3,(H,24,26). The summed E-state index contributed by atoms with van der Waals surface area (Å²) in [5.74, 6) is 0.821. The van der Waals surface area contributed by atoms with E-state index in [1.165, 1.54) is 5.56 Å². The number of hydrogen-bond donors (Lipinski definition) is 1. The maximum Gasteiger partial charge on any atom is 0.278 e. The van der Waals surface area contributed by atoms with Crippen molar-refractivity contribution in [2.24, 2.45) is 0 Å². The summed E-state index contributed by atoms with van der Waals surface area (Å²) in [6.07, 6.45) is 6.10. The quantitative estimate of drug-likeness (QED) is 0.760. The lowest BCUT2D eigenvalue weighted by molar-refractivity contribution is 0.173. The third-order valence-electron chi connectivity index (χ3n) is 5.27. The average Bonchev–Trinajstić information content (AvgIpc) is 2.67. The zero-order valence-corrected chi connectivity index (χ0v) is 16.6. The fourth-order valence-corrected chi connectivity index (χ4v) is 3.90. The molecule has 3 rings (SSSR count). The molecule has 138 valence electrons. The van der Waals surface area contributed by atoms with Crippen molar-refractivity contribution in [3.8, 4) is 5.75 Å². The second kappa shape index (κ2) is 8.12. The van der Waals surface area contributed by atoms with Gasteiger partial charge < -0.3 is 9.64 Å². The predicted octanol–water partition coefficient (Wildman–Crippen LogP) is 5.11. The van der Waals surface area contributed by atoms with Crippen molar-refractivity contribution in [3.05, 3.63) is 41.6 Å². The zero-order valence-electron chi connectivity index (χ0n) is 15.7. The number of piperidine rings is 1. The normalized spacial score (nSPS) is 18.2. The van der Waals surface area contributed by atoms with E-state index in [-0.39, 0.29) is 11.3 Å². The minimum absolute atomic E-state index is 0.129. The van der Waals surface area contributed by atoms with Crippen LogP contribution >= 0.6 is 12.6 Å². The number of aromatic nitrogens is 1. The molecule has 1 saturated heterocycles. The van der Waals surface area contributed by atoms with Gasteiger partial charge in [0, 0.05) is 18.0 Å². The lowest BCUT2D eigenvalue weighted by atomic mass is 9.93. The largest absolute Gasteiger partial charge is 0.497 e. The van der Waals surface area contributed by atoms with Gasteiger partial charge in [-0.3, -0.25) is 4.79 Å². The van der Waals surface area contributed by atoms with Gasteiger partial charge in [-0.25, -0.2) is 4.98 Å². The summed E-state index contributed by atoms with van der Waals surface area (Å²) in [6, 6.07) is 8.34. The van der Waals surface area contributed by atoms with E-state index in [4.69, 9.17) is 9.72 Å². The highest BCUT2D eigenvalue weighted by Gasteiger charge is 2.26. The fraction of sp³-hybridized carbons (Fsp3) is 0.429. The van der Waals surface area contributed by atoms with Gasteiger partial charge >= 0.3 is 0 Å². The number of amides is 1. The molecule has 0 spiro atoms. The summed E-state index contributed by atoms with van der Waals surface area (Å²) in [6.45, 7) is 4.89. The third kappa shape index (κ3) is 3.88. The highest BCUT2D eigenvalue weighted by Crippen LogP contribution is 2.29. The van der Waals surface area contributed by atoms with Crippen molar-refractivity contribution in [3.63, 3.8) is 0 Å². The minimum Gasteiger partial charge on any atom is -0.497 e. The van der Waals surface area contributed by atoms with E-state index >= 15 is 0 Å². The Morgan fingerprint density at radius 2 is 2.19 bits per heavy atom. The molecule has 1 amide bonds. The van der Waals surface area contributed by atoms with Crippen molar-refractivity contribution in [1.29, 1.82) is 0 Å². The Bertz CT molecular complexity index is 847. The maximum atomic E-state index is 11.9. The molecule has 1 aromatic carbocycles. The number of hydrogen-bond acceptors (Lipinski definition) is 3. The van der Waals surface area contributed by atoms with Gasteiger partial charge in [-0.1, -0.05) is 18.7 Å². The Balaban J connectivity index is 2.07. The Labute approximate surface area is 160 Å². The molecule has 0 bridgehead atoms.